The average Bonchev–Trinajstić information content (AvgIpc) is 2.71. The van der Waals surface area contributed by atoms with E-state index in [4.69, 9.17) is 26.6 Å². The van der Waals surface area contributed by atoms with Crippen molar-refractivity contribution < 1.29 is 23.2 Å². The number of ether oxygens (including phenoxy) is 1. The van der Waals surface area contributed by atoms with Crippen molar-refractivity contribution in [2.75, 3.05) is 13.2 Å². The summed E-state index contributed by atoms with van der Waals surface area (Å²) in [5.74, 6) is 0.0447. The van der Waals surface area contributed by atoms with Crippen LogP contribution in [0.1, 0.15) is 0 Å². The summed E-state index contributed by atoms with van der Waals surface area (Å²) in [6.45, 7) is -0.382. The monoisotopic (exact) mass is 450 g/mol. The minimum atomic E-state index is -4.13. The van der Waals surface area contributed by atoms with Crippen LogP contribution >= 0.6 is 11.6 Å². The van der Waals surface area contributed by atoms with Crippen LogP contribution in [-0.4, -0.2) is 41.6 Å². The number of benzene rings is 2. The molecule has 0 aliphatic carbocycles. The van der Waals surface area contributed by atoms with Crippen LogP contribution in [0.15, 0.2) is 53.7 Å². The standard InChI is InChI=1S/C18H15ClN4O6S/c19-12-3-6-15(30(20,27)28)14(9-12)17-16(18(22-10-21-17)29-8-7-24)11-1-4-13(5-2-11)23(25)26/h1-6,9-10,24H,7-8H2,(H2,20,27,28). The lowest BCUT2D eigenvalue weighted by atomic mass is 10.00. The zero-order chi connectivity index (χ0) is 21.9. The molecule has 3 aromatic rings. The third kappa shape index (κ3) is 4.54. The Balaban J connectivity index is 2.32. The van der Waals surface area contributed by atoms with Crippen LogP contribution in [-0.2, 0) is 10.0 Å². The lowest BCUT2D eigenvalue weighted by Crippen LogP contribution is -2.14. The van der Waals surface area contributed by atoms with Crippen LogP contribution in [0.25, 0.3) is 22.4 Å². The highest BCUT2D eigenvalue weighted by Crippen LogP contribution is 2.40. The fourth-order valence-corrected chi connectivity index (χ4v) is 3.66. The lowest BCUT2D eigenvalue weighted by molar-refractivity contribution is -0.384. The van der Waals surface area contributed by atoms with Crippen LogP contribution in [0.2, 0.25) is 5.02 Å². The topological polar surface area (TPSA) is 159 Å². The van der Waals surface area contributed by atoms with Crippen LogP contribution in [0.5, 0.6) is 5.88 Å². The first-order valence-electron chi connectivity index (χ1n) is 8.38. The summed E-state index contributed by atoms with van der Waals surface area (Å²) in [5, 5.41) is 25.7. The van der Waals surface area contributed by atoms with E-state index in [1.807, 2.05) is 0 Å². The van der Waals surface area contributed by atoms with Crippen molar-refractivity contribution in [2.45, 2.75) is 4.90 Å². The number of nitro groups is 1. The van der Waals surface area contributed by atoms with Crippen LogP contribution in [0.4, 0.5) is 5.69 Å². The molecule has 0 atom stereocenters. The molecule has 1 aromatic heterocycles. The van der Waals surface area contributed by atoms with Gasteiger partial charge in [-0.25, -0.2) is 23.5 Å². The second kappa shape index (κ2) is 8.71. The van der Waals surface area contributed by atoms with Gasteiger partial charge in [0.25, 0.3) is 5.69 Å². The van der Waals surface area contributed by atoms with Crippen molar-refractivity contribution in [3.05, 3.63) is 63.9 Å². The van der Waals surface area contributed by atoms with Crippen molar-refractivity contribution in [3.8, 4) is 28.3 Å². The maximum absolute atomic E-state index is 12.1. The Labute approximate surface area is 176 Å². The van der Waals surface area contributed by atoms with Gasteiger partial charge in [-0.1, -0.05) is 11.6 Å². The fourth-order valence-electron chi connectivity index (χ4n) is 2.77. The summed E-state index contributed by atoms with van der Waals surface area (Å²) in [5.41, 5.74) is 0.786. The van der Waals surface area contributed by atoms with E-state index in [2.05, 4.69) is 9.97 Å². The molecule has 0 saturated carbocycles. The van der Waals surface area contributed by atoms with E-state index in [1.165, 1.54) is 42.5 Å². The number of hydrogen-bond donors (Lipinski definition) is 2. The molecule has 12 heteroatoms. The van der Waals surface area contributed by atoms with Crippen molar-refractivity contribution in [3.63, 3.8) is 0 Å². The van der Waals surface area contributed by atoms with Crippen molar-refractivity contribution in [2.24, 2.45) is 5.14 Å². The molecular weight excluding hydrogens is 436 g/mol. The van der Waals surface area contributed by atoms with E-state index in [0.29, 0.717) is 5.56 Å². The molecule has 0 bridgehead atoms. The number of nitrogens with two attached hydrogens (primary N) is 1. The van der Waals surface area contributed by atoms with Crippen LogP contribution < -0.4 is 9.88 Å². The molecule has 156 valence electrons. The maximum Gasteiger partial charge on any atom is 0.269 e. The van der Waals surface area contributed by atoms with Gasteiger partial charge < -0.3 is 9.84 Å². The molecule has 3 rings (SSSR count). The molecule has 10 nitrogen and oxygen atoms in total. The number of primary sulfonamides is 1. The van der Waals surface area contributed by atoms with Crippen LogP contribution in [0.3, 0.4) is 0 Å². The van der Waals surface area contributed by atoms with Gasteiger partial charge in [-0.05, 0) is 35.9 Å². The molecule has 2 aromatic carbocycles. The Morgan fingerprint density at radius 1 is 1.17 bits per heavy atom. The number of hydrogen-bond acceptors (Lipinski definition) is 8. The van der Waals surface area contributed by atoms with E-state index in [0.717, 1.165) is 6.33 Å². The molecule has 0 radical (unpaired) electrons. The highest BCUT2D eigenvalue weighted by atomic mass is 35.5. The van der Waals surface area contributed by atoms with E-state index >= 15 is 0 Å². The van der Waals surface area contributed by atoms with Gasteiger partial charge in [0.2, 0.25) is 15.9 Å². The lowest BCUT2D eigenvalue weighted by Gasteiger charge is -2.16. The second-order valence-corrected chi connectivity index (χ2v) is 7.93. The summed E-state index contributed by atoms with van der Waals surface area (Å²) >= 11 is 6.08. The zero-order valence-corrected chi connectivity index (χ0v) is 16.8. The molecule has 0 fully saturated rings. The van der Waals surface area contributed by atoms with E-state index in [1.54, 1.807) is 0 Å². The first-order chi connectivity index (χ1) is 14.2. The number of nitrogens with zero attached hydrogens (tertiary/aromatic N) is 3. The number of halogens is 1. The average molecular weight is 451 g/mol. The summed E-state index contributed by atoms with van der Waals surface area (Å²) < 4.78 is 29.7. The maximum atomic E-state index is 12.1. The molecule has 0 unspecified atom stereocenters. The van der Waals surface area contributed by atoms with Gasteiger partial charge in [-0.3, -0.25) is 10.1 Å². The number of non-ortho nitro benzene ring substituents is 1. The highest BCUT2D eigenvalue weighted by molar-refractivity contribution is 7.89. The quantitative estimate of drug-likeness (QED) is 0.410. The molecule has 1 heterocycles. The predicted molar refractivity (Wildman–Crippen MR) is 109 cm³/mol. The zero-order valence-electron chi connectivity index (χ0n) is 15.2. The minimum absolute atomic E-state index is 0.0447. The van der Waals surface area contributed by atoms with Gasteiger partial charge in [-0.2, -0.15) is 0 Å². The highest BCUT2D eigenvalue weighted by Gasteiger charge is 2.23. The first kappa shape index (κ1) is 21.6. The number of aromatic nitrogens is 2. The van der Waals surface area contributed by atoms with Gasteiger partial charge in [0.15, 0.2) is 0 Å². The van der Waals surface area contributed by atoms with E-state index < -0.39 is 14.9 Å². The van der Waals surface area contributed by atoms with Gasteiger partial charge in [0, 0.05) is 22.7 Å². The Hall–Kier alpha value is -3.12. The SMILES string of the molecule is NS(=O)(=O)c1ccc(Cl)cc1-c1ncnc(OCCO)c1-c1ccc([N+](=O)[O-])cc1. The summed E-state index contributed by atoms with van der Waals surface area (Å²) in [7, 11) is -4.13. The Morgan fingerprint density at radius 2 is 1.87 bits per heavy atom. The van der Waals surface area contributed by atoms with Gasteiger partial charge in [0.05, 0.1) is 27.7 Å². The first-order valence-corrected chi connectivity index (χ1v) is 10.3. The molecule has 3 N–H and O–H groups in total. The number of rotatable bonds is 7. The number of aliphatic hydroxyl groups is 1. The number of sulfonamides is 1. The van der Waals surface area contributed by atoms with Crippen LogP contribution in [0, 0.1) is 10.1 Å². The summed E-state index contributed by atoms with van der Waals surface area (Å²) in [6.07, 6.45) is 1.16. The Kier molecular flexibility index (Phi) is 6.27. The molecule has 0 amide bonds. The molecule has 0 saturated heterocycles. The van der Waals surface area contributed by atoms with Crippen molar-refractivity contribution in [1.29, 1.82) is 0 Å². The second-order valence-electron chi connectivity index (χ2n) is 5.96. The largest absolute Gasteiger partial charge is 0.475 e. The summed E-state index contributed by atoms with van der Waals surface area (Å²) in [4.78, 5) is 18.5. The van der Waals surface area contributed by atoms with E-state index in [-0.39, 0.29) is 51.5 Å². The van der Waals surface area contributed by atoms with E-state index in [9.17, 15) is 18.5 Å². The van der Waals surface area contributed by atoms with Gasteiger partial charge in [-0.15, -0.1) is 0 Å². The molecular formula is C18H15ClN4O6S. The minimum Gasteiger partial charge on any atom is -0.475 e. The third-order valence-corrected chi connectivity index (χ3v) is 5.22. The number of nitro benzene ring substituents is 1. The number of aliphatic hydroxyl groups excluding tert-OH is 1. The molecule has 0 aliphatic heterocycles. The van der Waals surface area contributed by atoms with Crippen molar-refractivity contribution in [1.82, 2.24) is 9.97 Å². The molecule has 30 heavy (non-hydrogen) atoms. The summed E-state index contributed by atoms with van der Waals surface area (Å²) in [6, 6.07) is 9.47. The van der Waals surface area contributed by atoms with Gasteiger partial charge in [0.1, 0.15) is 12.9 Å². The Morgan fingerprint density at radius 3 is 2.47 bits per heavy atom. The molecule has 0 spiro atoms. The van der Waals surface area contributed by atoms with Crippen molar-refractivity contribution >= 4 is 27.3 Å². The normalized spacial score (nSPS) is 11.3. The predicted octanol–water partition coefficient (Wildman–Crippen LogP) is 2.39. The third-order valence-electron chi connectivity index (χ3n) is 4.01. The van der Waals surface area contributed by atoms with Gasteiger partial charge >= 0.3 is 0 Å². The molecule has 0 aliphatic rings. The fraction of sp³-hybridized carbons (Fsp3) is 0.111. The smallest absolute Gasteiger partial charge is 0.269 e. The Bertz CT molecular complexity index is 1200.